The lowest BCUT2D eigenvalue weighted by atomic mass is 9.81. The van der Waals surface area contributed by atoms with Gasteiger partial charge in [-0.25, -0.2) is 0 Å². The number of hydrogen-bond donors (Lipinski definition) is 5. The molecule has 0 aromatic carbocycles. The van der Waals surface area contributed by atoms with Crippen LogP contribution in [0, 0.1) is 11.3 Å². The lowest BCUT2D eigenvalue weighted by molar-refractivity contribution is -0.133. The summed E-state index contributed by atoms with van der Waals surface area (Å²) in [4.78, 5) is 0. The molecule has 0 amide bonds. The minimum Gasteiger partial charge on any atom is -0.396 e. The highest BCUT2D eigenvalue weighted by Gasteiger charge is 2.38. The maximum Gasteiger partial charge on any atom is 0.100 e. The molecule has 0 bridgehead atoms. The Morgan fingerprint density at radius 3 is 1.31 bits per heavy atom. The highest BCUT2D eigenvalue weighted by Crippen LogP contribution is 2.28. The summed E-state index contributed by atoms with van der Waals surface area (Å²) in [6.45, 7) is 2.94. The van der Waals surface area contributed by atoms with Gasteiger partial charge in [0.25, 0.3) is 0 Å². The Hall–Kier alpha value is -0.240. The van der Waals surface area contributed by atoms with E-state index in [1.165, 1.54) is 70.6 Å². The smallest absolute Gasteiger partial charge is 0.100 e. The zero-order valence-electron chi connectivity index (χ0n) is 21.0. The van der Waals surface area contributed by atoms with Crippen LogP contribution >= 0.6 is 0 Å². The molecule has 5 N–H and O–H groups in total. The third kappa shape index (κ3) is 15.6. The molecule has 0 heterocycles. The molecule has 2 atom stereocenters. The maximum atomic E-state index is 9.69. The molecule has 0 rings (SSSR count). The number of aliphatic hydroxyl groups excluding tert-OH is 5. The molecule has 0 fully saturated rings. The predicted molar refractivity (Wildman–Crippen MR) is 131 cm³/mol. The van der Waals surface area contributed by atoms with E-state index in [0.29, 0.717) is 6.42 Å². The Morgan fingerprint density at radius 2 is 0.969 bits per heavy atom. The van der Waals surface area contributed by atoms with Crippen LogP contribution in [-0.2, 0) is 4.74 Å². The van der Waals surface area contributed by atoms with Crippen LogP contribution in [0.2, 0.25) is 0 Å². The summed E-state index contributed by atoms with van der Waals surface area (Å²) in [6.07, 6.45) is 16.9. The van der Waals surface area contributed by atoms with E-state index in [9.17, 15) is 20.4 Å². The summed E-state index contributed by atoms with van der Waals surface area (Å²) in [5.74, 6) is 0.839. The quantitative estimate of drug-likeness (QED) is 0.138. The molecular weight excluding hydrogens is 408 g/mol. The van der Waals surface area contributed by atoms with Crippen molar-refractivity contribution in [1.82, 2.24) is 0 Å². The number of hydrogen-bond acceptors (Lipinski definition) is 6. The van der Waals surface area contributed by atoms with Gasteiger partial charge in [0.2, 0.25) is 0 Å². The Balaban J connectivity index is 3.82. The first-order valence-corrected chi connectivity index (χ1v) is 13.2. The summed E-state index contributed by atoms with van der Waals surface area (Å²) >= 11 is 0. The fourth-order valence-electron chi connectivity index (χ4n) is 4.13. The van der Waals surface area contributed by atoms with Crippen LogP contribution in [0.3, 0.4) is 0 Å². The van der Waals surface area contributed by atoms with Gasteiger partial charge in [-0.3, -0.25) is 0 Å². The second-order valence-electron chi connectivity index (χ2n) is 10.1. The average Bonchev–Trinajstić information content (AvgIpc) is 2.80. The van der Waals surface area contributed by atoms with Crippen molar-refractivity contribution < 1.29 is 30.3 Å². The summed E-state index contributed by atoms with van der Waals surface area (Å²) in [6, 6.07) is 0. The first-order chi connectivity index (χ1) is 15.5. The molecule has 0 saturated carbocycles. The molecule has 0 spiro atoms. The average molecular weight is 463 g/mol. The molecule has 0 radical (unpaired) electrons. The molecule has 32 heavy (non-hydrogen) atoms. The van der Waals surface area contributed by atoms with Crippen molar-refractivity contribution in [1.29, 1.82) is 0 Å². The molecule has 0 aliphatic heterocycles. The van der Waals surface area contributed by atoms with Gasteiger partial charge in [0.05, 0.1) is 44.6 Å². The standard InChI is InChI=1S/C26H54O6/c1-23(2)16-14-12-10-8-6-4-3-5-7-9-11-13-15-17-25(32-19-24(31)18-27)26(20-28,21-29)22-30/h23-25,27-31H,3-22H2,1-2H3. The Bertz CT molecular complexity index is 378. The number of rotatable bonds is 24. The lowest BCUT2D eigenvalue weighted by Crippen LogP contribution is -2.47. The molecule has 194 valence electrons. The predicted octanol–water partition coefficient (Wildman–Crippen LogP) is 4.20. The van der Waals surface area contributed by atoms with E-state index in [1.54, 1.807) is 0 Å². The van der Waals surface area contributed by atoms with Gasteiger partial charge in [-0.05, 0) is 12.3 Å². The molecule has 2 unspecified atom stereocenters. The van der Waals surface area contributed by atoms with Crippen molar-refractivity contribution in [2.45, 2.75) is 122 Å². The van der Waals surface area contributed by atoms with E-state index < -0.39 is 44.1 Å². The van der Waals surface area contributed by atoms with Gasteiger partial charge in [0.15, 0.2) is 0 Å². The van der Waals surface area contributed by atoms with Gasteiger partial charge in [0, 0.05) is 0 Å². The van der Waals surface area contributed by atoms with E-state index in [-0.39, 0.29) is 6.61 Å². The summed E-state index contributed by atoms with van der Waals surface area (Å²) < 4.78 is 5.67. The zero-order chi connectivity index (χ0) is 24.1. The molecule has 0 aliphatic rings. The van der Waals surface area contributed by atoms with Crippen molar-refractivity contribution in [2.24, 2.45) is 11.3 Å². The SMILES string of the molecule is CC(C)CCCCCCCCCCCCCCCC(OCC(O)CO)C(CO)(CO)CO. The molecular formula is C26H54O6. The number of unbranched alkanes of at least 4 members (excludes halogenated alkanes) is 12. The van der Waals surface area contributed by atoms with Gasteiger partial charge in [-0.1, -0.05) is 104 Å². The van der Waals surface area contributed by atoms with Crippen LogP contribution in [0.4, 0.5) is 0 Å². The fourth-order valence-corrected chi connectivity index (χ4v) is 4.13. The second kappa shape index (κ2) is 21.3. The molecule has 0 aliphatic carbocycles. The van der Waals surface area contributed by atoms with Crippen molar-refractivity contribution in [3.63, 3.8) is 0 Å². The van der Waals surface area contributed by atoms with E-state index in [1.807, 2.05) is 0 Å². The van der Waals surface area contributed by atoms with Gasteiger partial charge >= 0.3 is 0 Å². The number of ether oxygens (including phenoxy) is 1. The number of aliphatic hydroxyl groups is 5. The van der Waals surface area contributed by atoms with Crippen molar-refractivity contribution in [3.05, 3.63) is 0 Å². The lowest BCUT2D eigenvalue weighted by Gasteiger charge is -2.36. The minimum atomic E-state index is -1.14. The van der Waals surface area contributed by atoms with Crippen LogP contribution in [0.1, 0.15) is 110 Å². The fraction of sp³-hybridized carbons (Fsp3) is 1.00. The van der Waals surface area contributed by atoms with Gasteiger partial charge < -0.3 is 30.3 Å². The molecule has 6 heteroatoms. The van der Waals surface area contributed by atoms with E-state index in [2.05, 4.69) is 13.8 Å². The molecule has 0 saturated heterocycles. The van der Waals surface area contributed by atoms with Crippen LogP contribution in [0.5, 0.6) is 0 Å². The molecule has 0 aromatic heterocycles. The van der Waals surface area contributed by atoms with Crippen molar-refractivity contribution in [3.8, 4) is 0 Å². The topological polar surface area (TPSA) is 110 Å². The molecule has 6 nitrogen and oxygen atoms in total. The Labute approximate surface area is 197 Å². The van der Waals surface area contributed by atoms with E-state index in [4.69, 9.17) is 9.84 Å². The summed E-state index contributed by atoms with van der Waals surface area (Å²) in [5, 5.41) is 47.6. The summed E-state index contributed by atoms with van der Waals surface area (Å²) in [7, 11) is 0. The van der Waals surface area contributed by atoms with Crippen LogP contribution in [0.15, 0.2) is 0 Å². The second-order valence-corrected chi connectivity index (χ2v) is 10.1. The van der Waals surface area contributed by atoms with Gasteiger partial charge in [-0.15, -0.1) is 0 Å². The zero-order valence-corrected chi connectivity index (χ0v) is 21.0. The maximum absolute atomic E-state index is 9.69. The molecule has 0 aromatic rings. The van der Waals surface area contributed by atoms with E-state index >= 15 is 0 Å². The third-order valence-corrected chi connectivity index (χ3v) is 6.58. The normalized spacial score (nSPS) is 14.2. The van der Waals surface area contributed by atoms with Gasteiger partial charge in [0.1, 0.15) is 6.10 Å². The highest BCUT2D eigenvalue weighted by atomic mass is 16.5. The first kappa shape index (κ1) is 31.8. The highest BCUT2D eigenvalue weighted by molar-refractivity contribution is 4.86. The Kier molecular flexibility index (Phi) is 21.1. The first-order valence-electron chi connectivity index (χ1n) is 13.2. The van der Waals surface area contributed by atoms with E-state index in [0.717, 1.165) is 25.2 Å². The minimum absolute atomic E-state index is 0.0825. The summed E-state index contributed by atoms with van der Waals surface area (Å²) in [5.41, 5.74) is -1.14. The van der Waals surface area contributed by atoms with Gasteiger partial charge in [-0.2, -0.15) is 0 Å². The van der Waals surface area contributed by atoms with Crippen LogP contribution < -0.4 is 0 Å². The van der Waals surface area contributed by atoms with Crippen LogP contribution in [-0.4, -0.2) is 70.8 Å². The third-order valence-electron chi connectivity index (χ3n) is 6.58. The van der Waals surface area contributed by atoms with Crippen molar-refractivity contribution in [2.75, 3.05) is 33.0 Å². The van der Waals surface area contributed by atoms with Crippen LogP contribution in [0.25, 0.3) is 0 Å². The Morgan fingerprint density at radius 1 is 0.594 bits per heavy atom. The monoisotopic (exact) mass is 462 g/mol. The van der Waals surface area contributed by atoms with Crippen molar-refractivity contribution >= 4 is 0 Å². The largest absolute Gasteiger partial charge is 0.396 e.